The summed E-state index contributed by atoms with van der Waals surface area (Å²) in [4.78, 5) is 0. The van der Waals surface area contributed by atoms with Crippen LogP contribution in [0.2, 0.25) is 26.2 Å². The molecule has 91 heavy (non-hydrogen) atoms. The van der Waals surface area contributed by atoms with Crippen molar-refractivity contribution in [2.75, 3.05) is 13.2 Å². The molecule has 0 saturated carbocycles. The van der Waals surface area contributed by atoms with Crippen LogP contribution >= 0.6 is 0 Å². The Hall–Kier alpha value is -7.55. The van der Waals surface area contributed by atoms with Crippen molar-refractivity contribution in [1.82, 2.24) is 0 Å². The van der Waals surface area contributed by atoms with Gasteiger partial charge in [0.25, 0.3) is 0 Å². The van der Waals surface area contributed by atoms with Crippen LogP contribution in [0.25, 0.3) is 54.9 Å². The Labute approximate surface area is 513 Å². The highest BCUT2D eigenvalue weighted by molar-refractivity contribution is 6.76. The van der Waals surface area contributed by atoms with Crippen molar-refractivity contribution in [2.45, 2.75) is 105 Å². The molecule has 0 saturated heterocycles. The molecule has 0 spiro atoms. The molecule has 0 fully saturated rings. The molecule has 0 aliphatic heterocycles. The molecule has 0 radical (unpaired) electrons. The molecule has 4 nitrogen and oxygen atoms in total. The van der Waals surface area contributed by atoms with Gasteiger partial charge in [-0.2, -0.15) is 79.0 Å². The number of hydrogen-bond acceptors (Lipinski definition) is 4. The summed E-state index contributed by atoms with van der Waals surface area (Å²) in [7, 11) is -6.53. The number of rotatable bonds is 24. The average Bonchev–Trinajstić information content (AvgIpc) is 1.55. The Morgan fingerprint density at radius 2 is 0.714 bits per heavy atom. The zero-order chi connectivity index (χ0) is 66.8. The maximum atomic E-state index is 15.2. The lowest BCUT2D eigenvalue weighted by Crippen LogP contribution is -2.62. The van der Waals surface area contributed by atoms with Crippen LogP contribution in [-0.2, 0) is 14.3 Å². The van der Waals surface area contributed by atoms with Crippen LogP contribution in [0, 0.1) is 0 Å². The number of fused-ring (bicyclic) bond motifs is 5. The summed E-state index contributed by atoms with van der Waals surface area (Å²) in [6.45, 7) is 10.7. The molecule has 0 N–H and O–H groups in total. The van der Waals surface area contributed by atoms with Crippen LogP contribution in [0.5, 0.6) is 11.5 Å². The van der Waals surface area contributed by atoms with Gasteiger partial charge in [0.15, 0.2) is 0 Å². The van der Waals surface area contributed by atoms with Gasteiger partial charge in [-0.15, -0.1) is 13.2 Å². The van der Waals surface area contributed by atoms with Crippen LogP contribution in [0.3, 0.4) is 0 Å². The lowest BCUT2D eigenvalue weighted by molar-refractivity contribution is -0.398. The fourth-order valence-corrected chi connectivity index (χ4v) is 13.3. The largest absolute Gasteiger partial charge is 0.491 e. The minimum Gasteiger partial charge on any atom is -0.491 e. The predicted molar refractivity (Wildman–Crippen MR) is 317 cm³/mol. The molecule has 0 amide bonds. The SMILES string of the molecule is C=C[Si](C)(C)OC(COc1ccc2cc(C3(c4ccc5cc(OCC(CC(F)(F)C(F)(F)C(F)(F)C(F)(F)F)O[Si](C)(C)C=C)ccc5c4)c4cc(-c5ccccc5)ccc4-c4ccc(-c5ccccc5)cc43)ccc2c1)CC(F)(F)C(F)(F)C(F)(F)C(F)(F)F. The van der Waals surface area contributed by atoms with Crippen LogP contribution in [0.1, 0.15) is 35.1 Å². The molecule has 2 unspecified atom stereocenters. The summed E-state index contributed by atoms with van der Waals surface area (Å²) in [5.41, 5.74) is 9.26. The molecule has 8 aromatic carbocycles. The minimum absolute atomic E-state index is 0.0534. The van der Waals surface area contributed by atoms with Crippen molar-refractivity contribution < 1.29 is 97.4 Å². The highest BCUT2D eigenvalue weighted by atomic mass is 28.4. The third-order valence-corrected chi connectivity index (χ3v) is 19.9. The first-order valence-electron chi connectivity index (χ1n) is 28.0. The third kappa shape index (κ3) is 12.8. The lowest BCUT2D eigenvalue weighted by Gasteiger charge is -2.36. The Morgan fingerprint density at radius 1 is 0.385 bits per heavy atom. The lowest BCUT2D eigenvalue weighted by atomic mass is 9.66. The second kappa shape index (κ2) is 24.2. The molecule has 0 bridgehead atoms. The van der Waals surface area contributed by atoms with Crippen LogP contribution in [0.4, 0.5) is 79.0 Å². The van der Waals surface area contributed by atoms with E-state index in [1.165, 1.54) is 61.9 Å². The number of alkyl halides is 18. The quantitative estimate of drug-likeness (QED) is 0.0446. The summed E-state index contributed by atoms with van der Waals surface area (Å²) >= 11 is 0. The van der Waals surface area contributed by atoms with E-state index in [2.05, 4.69) is 25.3 Å². The van der Waals surface area contributed by atoms with E-state index in [4.69, 9.17) is 18.3 Å². The van der Waals surface area contributed by atoms with Crippen molar-refractivity contribution in [1.29, 1.82) is 0 Å². The van der Waals surface area contributed by atoms with Crippen LogP contribution < -0.4 is 9.47 Å². The maximum absolute atomic E-state index is 15.2. The summed E-state index contributed by atoms with van der Waals surface area (Å²) in [6.07, 6.45) is -23.0. The topological polar surface area (TPSA) is 36.9 Å². The smallest absolute Gasteiger partial charge is 0.460 e. The van der Waals surface area contributed by atoms with E-state index >= 15 is 17.6 Å². The molecule has 0 aromatic heterocycles. The third-order valence-electron chi connectivity index (χ3n) is 16.0. The number of halogens is 18. The van der Waals surface area contributed by atoms with Gasteiger partial charge in [-0.05, 0) is 152 Å². The van der Waals surface area contributed by atoms with Crippen molar-refractivity contribution in [2.24, 2.45) is 0 Å². The molecule has 482 valence electrons. The minimum atomic E-state index is -7.12. The van der Waals surface area contributed by atoms with Gasteiger partial charge in [-0.3, -0.25) is 0 Å². The van der Waals surface area contributed by atoms with Gasteiger partial charge in [0, 0.05) is 12.8 Å². The highest BCUT2D eigenvalue weighted by Crippen LogP contribution is 2.60. The number of hydrogen-bond donors (Lipinski definition) is 0. The van der Waals surface area contributed by atoms with Gasteiger partial charge < -0.3 is 18.3 Å². The first-order chi connectivity index (χ1) is 42.2. The Balaban J connectivity index is 1.14. The molecule has 9 rings (SSSR count). The fraction of sp³-hybridized carbons (Fsp3) is 0.284. The summed E-state index contributed by atoms with van der Waals surface area (Å²) in [6, 6.07) is 51.1. The summed E-state index contributed by atoms with van der Waals surface area (Å²) < 4.78 is 276. The first-order valence-corrected chi connectivity index (χ1v) is 34.0. The number of ether oxygens (including phenoxy) is 2. The molecular weight excluding hydrogens is 1270 g/mol. The van der Waals surface area contributed by atoms with E-state index in [1.807, 2.05) is 109 Å². The van der Waals surface area contributed by atoms with E-state index in [0.29, 0.717) is 32.7 Å². The highest BCUT2D eigenvalue weighted by Gasteiger charge is 2.83. The van der Waals surface area contributed by atoms with Crippen LogP contribution in [-0.4, -0.2) is 89.9 Å². The summed E-state index contributed by atoms with van der Waals surface area (Å²) in [5, 5.41) is 2.06. The van der Waals surface area contributed by atoms with Gasteiger partial charge in [0.1, 0.15) is 24.7 Å². The molecule has 2 atom stereocenters. The van der Waals surface area contributed by atoms with Crippen LogP contribution in [0.15, 0.2) is 194 Å². The van der Waals surface area contributed by atoms with E-state index in [-0.39, 0.29) is 11.5 Å². The van der Waals surface area contributed by atoms with Gasteiger partial charge in [-0.1, -0.05) is 133 Å². The molecule has 0 heterocycles. The zero-order valence-corrected chi connectivity index (χ0v) is 50.7. The Bertz CT molecular complexity index is 3730. The number of benzene rings is 8. The van der Waals surface area contributed by atoms with Crippen molar-refractivity contribution in [3.05, 3.63) is 217 Å². The maximum Gasteiger partial charge on any atom is 0.460 e. The second-order valence-electron chi connectivity index (χ2n) is 23.3. The first kappa shape index (κ1) is 67.8. The van der Waals surface area contributed by atoms with Crippen molar-refractivity contribution in [3.8, 4) is 44.9 Å². The Morgan fingerprint density at radius 3 is 1.04 bits per heavy atom. The Kier molecular flexibility index (Phi) is 18.0. The second-order valence-corrected chi connectivity index (χ2v) is 31.0. The molecule has 8 aromatic rings. The van der Waals surface area contributed by atoms with Gasteiger partial charge in [-0.25, -0.2) is 0 Å². The standard InChI is InChI=1S/C67H56F18O4Si2/c1-7-90(3,4)88-53(37-59(68,69)62(72,73)64(76,77)66(80,81)82)39-86-51-27-21-43-31-49(25-19-45(43)33-51)61(57-35-47(41-15-11-9-12-16-41)23-29-55(57)56-30-24-48(36-58(56)61)42-17-13-10-14-18-42)50-26-20-46-34-52(28-22-44(46)32-50)87-40-54(89-91(5,6)8-2)38-60(70,71)63(74,75)65(78,79)67(83,84)85/h7-36,53-54H,1-2,37-40H2,3-6H3. The predicted octanol–water partition coefficient (Wildman–Crippen LogP) is 20.8. The van der Waals surface area contributed by atoms with Crippen molar-refractivity contribution >= 4 is 38.2 Å². The molecule has 1 aliphatic rings. The monoisotopic (exact) mass is 1320 g/mol. The van der Waals surface area contributed by atoms with Gasteiger partial charge >= 0.3 is 47.9 Å². The van der Waals surface area contributed by atoms with Crippen molar-refractivity contribution in [3.63, 3.8) is 0 Å². The summed E-state index contributed by atoms with van der Waals surface area (Å²) in [5.74, 6) is -40.1. The van der Waals surface area contributed by atoms with E-state index in [1.54, 1.807) is 24.3 Å². The normalized spacial score (nSPS) is 15.1. The molecular formula is C67H56F18O4Si2. The zero-order valence-electron chi connectivity index (χ0n) is 48.7. The van der Waals surface area contributed by atoms with E-state index in [0.717, 1.165) is 44.5 Å². The van der Waals surface area contributed by atoms with E-state index < -0.39 is 108 Å². The van der Waals surface area contributed by atoms with E-state index in [9.17, 15) is 61.5 Å². The fourth-order valence-electron chi connectivity index (χ4n) is 11.1. The molecule has 24 heteroatoms. The average molecular weight is 1320 g/mol. The van der Waals surface area contributed by atoms with Gasteiger partial charge in [0.05, 0.1) is 17.6 Å². The van der Waals surface area contributed by atoms with Gasteiger partial charge in [0.2, 0.25) is 16.6 Å². The molecule has 1 aliphatic carbocycles.